The SMILES string of the molecule is CC=C(N=Nc1c(CCC)cccc1CCC)c1c(CCC)cccc1CCC. The smallest absolute Gasteiger partial charge is 0.0920 e. The highest BCUT2D eigenvalue weighted by molar-refractivity contribution is 5.70. The van der Waals surface area contributed by atoms with E-state index in [1.807, 2.05) is 0 Å². The van der Waals surface area contributed by atoms with Crippen LogP contribution in [0.4, 0.5) is 5.69 Å². The topological polar surface area (TPSA) is 24.7 Å². The van der Waals surface area contributed by atoms with Crippen molar-refractivity contribution in [2.24, 2.45) is 10.2 Å². The highest BCUT2D eigenvalue weighted by atomic mass is 15.1. The zero-order valence-corrected chi connectivity index (χ0v) is 19.1. The van der Waals surface area contributed by atoms with E-state index in [-0.39, 0.29) is 0 Å². The maximum Gasteiger partial charge on any atom is 0.0920 e. The second-order valence-corrected chi connectivity index (χ2v) is 7.75. The molecule has 2 heteroatoms. The van der Waals surface area contributed by atoms with Crippen LogP contribution in [0.3, 0.4) is 0 Å². The predicted molar refractivity (Wildman–Crippen MR) is 127 cm³/mol. The van der Waals surface area contributed by atoms with Crippen molar-refractivity contribution < 1.29 is 0 Å². The Morgan fingerprint density at radius 1 is 0.690 bits per heavy atom. The van der Waals surface area contributed by atoms with Gasteiger partial charge in [0.05, 0.1) is 11.4 Å². The van der Waals surface area contributed by atoms with E-state index in [4.69, 9.17) is 10.2 Å². The molecule has 0 radical (unpaired) electrons. The summed E-state index contributed by atoms with van der Waals surface area (Å²) < 4.78 is 0. The fraction of sp³-hybridized carbons (Fsp3) is 0.481. The minimum atomic E-state index is 1.01. The van der Waals surface area contributed by atoms with Crippen molar-refractivity contribution in [1.82, 2.24) is 0 Å². The second kappa shape index (κ2) is 12.4. The minimum absolute atomic E-state index is 1.01. The summed E-state index contributed by atoms with van der Waals surface area (Å²) in [6.45, 7) is 11.0. The molecule has 0 fully saturated rings. The van der Waals surface area contributed by atoms with E-state index >= 15 is 0 Å². The van der Waals surface area contributed by atoms with Crippen molar-refractivity contribution in [3.63, 3.8) is 0 Å². The third-order valence-electron chi connectivity index (χ3n) is 5.30. The van der Waals surface area contributed by atoms with E-state index < -0.39 is 0 Å². The quantitative estimate of drug-likeness (QED) is 0.343. The Balaban J connectivity index is 2.52. The van der Waals surface area contributed by atoms with Crippen molar-refractivity contribution in [2.75, 3.05) is 0 Å². The highest BCUT2D eigenvalue weighted by Gasteiger charge is 2.13. The van der Waals surface area contributed by atoms with Crippen molar-refractivity contribution in [1.29, 1.82) is 0 Å². The van der Waals surface area contributed by atoms with Gasteiger partial charge < -0.3 is 0 Å². The van der Waals surface area contributed by atoms with Crippen LogP contribution in [0.5, 0.6) is 0 Å². The zero-order chi connectivity index (χ0) is 21.1. The summed E-state index contributed by atoms with van der Waals surface area (Å²) >= 11 is 0. The van der Waals surface area contributed by atoms with Crippen LogP contribution < -0.4 is 0 Å². The van der Waals surface area contributed by atoms with Crippen LogP contribution in [0.2, 0.25) is 0 Å². The number of rotatable bonds is 11. The molecule has 0 saturated carbocycles. The molecule has 0 aliphatic heterocycles. The monoisotopic (exact) mass is 390 g/mol. The average molecular weight is 391 g/mol. The van der Waals surface area contributed by atoms with Gasteiger partial charge in [-0.05, 0) is 54.9 Å². The van der Waals surface area contributed by atoms with E-state index in [0.717, 1.165) is 62.8 Å². The predicted octanol–water partition coefficient (Wildman–Crippen LogP) is 8.64. The molecule has 0 aliphatic rings. The largest absolute Gasteiger partial charge is 0.150 e. The van der Waals surface area contributed by atoms with Crippen LogP contribution in [-0.4, -0.2) is 0 Å². The molecule has 2 aromatic rings. The summed E-state index contributed by atoms with van der Waals surface area (Å²) in [4.78, 5) is 0. The first-order valence-electron chi connectivity index (χ1n) is 11.5. The van der Waals surface area contributed by atoms with Crippen molar-refractivity contribution in [2.45, 2.75) is 86.0 Å². The Bertz CT molecular complexity index is 782. The van der Waals surface area contributed by atoms with Crippen molar-refractivity contribution >= 4 is 11.4 Å². The number of benzene rings is 2. The molecule has 2 aromatic carbocycles. The molecular weight excluding hydrogens is 352 g/mol. The lowest BCUT2D eigenvalue weighted by Gasteiger charge is -2.15. The van der Waals surface area contributed by atoms with E-state index in [0.29, 0.717) is 0 Å². The average Bonchev–Trinajstić information content (AvgIpc) is 2.72. The molecule has 0 amide bonds. The molecular formula is C27H38N2. The first-order chi connectivity index (χ1) is 14.2. The first-order valence-corrected chi connectivity index (χ1v) is 11.5. The van der Waals surface area contributed by atoms with E-state index in [9.17, 15) is 0 Å². The number of nitrogens with zero attached hydrogens (tertiary/aromatic N) is 2. The third-order valence-corrected chi connectivity index (χ3v) is 5.30. The first kappa shape index (κ1) is 23.1. The Kier molecular flexibility index (Phi) is 9.83. The Hall–Kier alpha value is -2.22. The van der Waals surface area contributed by atoms with Gasteiger partial charge >= 0.3 is 0 Å². The van der Waals surface area contributed by atoms with Gasteiger partial charge in [0.15, 0.2) is 0 Å². The van der Waals surface area contributed by atoms with E-state index in [1.54, 1.807) is 0 Å². The standard InChI is InChI=1S/C27H38N2/c1-6-13-21-17-11-18-22(14-7-2)26(21)25(10-5)28-29-27-23(15-8-3)19-12-20-24(27)16-9-4/h10-12,17-20H,6-9,13-16H2,1-5H3. The van der Waals surface area contributed by atoms with Crippen LogP contribution in [0.15, 0.2) is 52.7 Å². The molecule has 2 rings (SSSR count). The maximum absolute atomic E-state index is 4.85. The summed E-state index contributed by atoms with van der Waals surface area (Å²) in [6.07, 6.45) is 10.9. The fourth-order valence-corrected chi connectivity index (χ4v) is 4.01. The summed E-state index contributed by atoms with van der Waals surface area (Å²) in [5.41, 5.74) is 8.79. The summed E-state index contributed by atoms with van der Waals surface area (Å²) in [6, 6.07) is 13.3. The molecule has 0 N–H and O–H groups in total. The second-order valence-electron chi connectivity index (χ2n) is 7.75. The van der Waals surface area contributed by atoms with Gasteiger partial charge in [0.1, 0.15) is 0 Å². The number of hydrogen-bond donors (Lipinski definition) is 0. The molecule has 0 saturated heterocycles. The molecule has 0 aliphatic carbocycles. The molecule has 0 spiro atoms. The summed E-state index contributed by atoms with van der Waals surface area (Å²) in [5, 5.41) is 9.69. The molecule has 0 heterocycles. The third kappa shape index (κ3) is 6.13. The summed E-state index contributed by atoms with van der Waals surface area (Å²) in [5.74, 6) is 0. The molecule has 156 valence electrons. The van der Waals surface area contributed by atoms with Crippen LogP contribution in [0.25, 0.3) is 5.70 Å². The van der Waals surface area contributed by atoms with Gasteiger partial charge in [-0.1, -0.05) is 95.9 Å². The van der Waals surface area contributed by atoms with Crippen molar-refractivity contribution in [3.8, 4) is 0 Å². The zero-order valence-electron chi connectivity index (χ0n) is 19.1. The van der Waals surface area contributed by atoms with Gasteiger partial charge in [-0.25, -0.2) is 0 Å². The normalized spacial score (nSPS) is 12.1. The van der Waals surface area contributed by atoms with E-state index in [1.165, 1.54) is 27.8 Å². The van der Waals surface area contributed by atoms with Gasteiger partial charge in [0, 0.05) is 5.56 Å². The maximum atomic E-state index is 4.85. The lowest BCUT2D eigenvalue weighted by atomic mass is 9.93. The lowest BCUT2D eigenvalue weighted by Crippen LogP contribution is -1.99. The van der Waals surface area contributed by atoms with Gasteiger partial charge in [-0.2, -0.15) is 5.11 Å². The molecule has 0 aromatic heterocycles. The number of hydrogen-bond acceptors (Lipinski definition) is 2. The van der Waals surface area contributed by atoms with Crippen LogP contribution in [0, 0.1) is 0 Å². The van der Waals surface area contributed by atoms with E-state index in [2.05, 4.69) is 77.1 Å². The molecule has 2 nitrogen and oxygen atoms in total. The van der Waals surface area contributed by atoms with Crippen LogP contribution in [0.1, 0.15) is 88.1 Å². The van der Waals surface area contributed by atoms with Crippen LogP contribution in [-0.2, 0) is 25.7 Å². The Morgan fingerprint density at radius 2 is 1.10 bits per heavy atom. The van der Waals surface area contributed by atoms with Gasteiger partial charge in [-0.3, -0.25) is 0 Å². The number of allylic oxidation sites excluding steroid dienone is 1. The van der Waals surface area contributed by atoms with Crippen LogP contribution >= 0.6 is 0 Å². The molecule has 0 unspecified atom stereocenters. The lowest BCUT2D eigenvalue weighted by molar-refractivity contribution is 0.883. The minimum Gasteiger partial charge on any atom is -0.150 e. The van der Waals surface area contributed by atoms with Gasteiger partial charge in [0.2, 0.25) is 0 Å². The molecule has 0 atom stereocenters. The van der Waals surface area contributed by atoms with Crippen molar-refractivity contribution in [3.05, 3.63) is 70.3 Å². The highest BCUT2D eigenvalue weighted by Crippen LogP contribution is 2.32. The van der Waals surface area contributed by atoms with Gasteiger partial charge in [0.25, 0.3) is 0 Å². The van der Waals surface area contributed by atoms with Gasteiger partial charge in [-0.15, -0.1) is 5.11 Å². The number of azo groups is 1. The molecule has 0 bridgehead atoms. The number of aryl methyl sites for hydroxylation is 4. The Labute approximate surface area is 178 Å². The Morgan fingerprint density at radius 3 is 1.52 bits per heavy atom. The summed E-state index contributed by atoms with van der Waals surface area (Å²) in [7, 11) is 0. The fourth-order valence-electron chi connectivity index (χ4n) is 4.01. The molecule has 29 heavy (non-hydrogen) atoms.